The summed E-state index contributed by atoms with van der Waals surface area (Å²) in [5.74, 6) is 0.513. The number of hydrogen-bond acceptors (Lipinski definition) is 5. The van der Waals surface area contributed by atoms with Crippen LogP contribution in [0.5, 0.6) is 0 Å². The lowest BCUT2D eigenvalue weighted by Crippen LogP contribution is -2.04. The van der Waals surface area contributed by atoms with Crippen molar-refractivity contribution in [1.82, 2.24) is 9.97 Å². The quantitative estimate of drug-likeness (QED) is 0.519. The fourth-order valence-electron chi connectivity index (χ4n) is 2.25. The zero-order valence-corrected chi connectivity index (χ0v) is 14.0. The third kappa shape index (κ3) is 3.25. The van der Waals surface area contributed by atoms with Crippen LogP contribution >= 0.6 is 27.5 Å². The molecule has 0 saturated carbocycles. The van der Waals surface area contributed by atoms with Gasteiger partial charge in [-0.25, -0.2) is 4.98 Å². The van der Waals surface area contributed by atoms with E-state index < -0.39 is 4.92 Å². The lowest BCUT2D eigenvalue weighted by atomic mass is 10.1. The second-order valence-electron chi connectivity index (χ2n) is 4.73. The molecule has 23 heavy (non-hydrogen) atoms. The molecule has 1 aromatic carbocycles. The van der Waals surface area contributed by atoms with Crippen LogP contribution < -0.4 is 5.32 Å². The molecule has 0 radical (unpaired) electrons. The SMILES string of the molecule is O=[N+]([O-])c1cc(Cl)cc2c(NCc3ccccn3)ncc(Br)c12. The van der Waals surface area contributed by atoms with E-state index in [0.717, 1.165) is 5.69 Å². The van der Waals surface area contributed by atoms with E-state index in [1.54, 1.807) is 12.3 Å². The van der Waals surface area contributed by atoms with E-state index in [1.165, 1.54) is 12.3 Å². The van der Waals surface area contributed by atoms with E-state index in [9.17, 15) is 10.1 Å². The summed E-state index contributed by atoms with van der Waals surface area (Å²) < 4.78 is 0.541. The van der Waals surface area contributed by atoms with Gasteiger partial charge < -0.3 is 5.32 Å². The van der Waals surface area contributed by atoms with E-state index in [2.05, 4.69) is 31.2 Å². The first-order chi connectivity index (χ1) is 11.1. The van der Waals surface area contributed by atoms with Gasteiger partial charge in [0.25, 0.3) is 5.69 Å². The zero-order valence-electron chi connectivity index (χ0n) is 11.7. The van der Waals surface area contributed by atoms with Gasteiger partial charge in [-0.15, -0.1) is 0 Å². The first kappa shape index (κ1) is 15.6. The van der Waals surface area contributed by atoms with Crippen LogP contribution in [-0.2, 0) is 6.54 Å². The number of benzene rings is 1. The van der Waals surface area contributed by atoms with Crippen molar-refractivity contribution in [2.75, 3.05) is 5.32 Å². The van der Waals surface area contributed by atoms with Crippen molar-refractivity contribution in [3.8, 4) is 0 Å². The van der Waals surface area contributed by atoms with Gasteiger partial charge in [-0.3, -0.25) is 15.1 Å². The van der Waals surface area contributed by atoms with Crippen LogP contribution in [0, 0.1) is 10.1 Å². The average Bonchev–Trinajstić information content (AvgIpc) is 2.54. The highest BCUT2D eigenvalue weighted by atomic mass is 79.9. The van der Waals surface area contributed by atoms with Crippen molar-refractivity contribution < 1.29 is 4.92 Å². The number of fused-ring (bicyclic) bond motifs is 1. The third-order valence-electron chi connectivity index (χ3n) is 3.24. The molecular weight excluding hydrogens is 384 g/mol. The number of nitrogens with one attached hydrogen (secondary N) is 1. The molecule has 1 N–H and O–H groups in total. The Morgan fingerprint density at radius 2 is 2.13 bits per heavy atom. The van der Waals surface area contributed by atoms with Crippen molar-refractivity contribution in [1.29, 1.82) is 0 Å². The van der Waals surface area contributed by atoms with Crippen molar-refractivity contribution in [2.24, 2.45) is 0 Å². The first-order valence-electron chi connectivity index (χ1n) is 6.62. The number of rotatable bonds is 4. The number of pyridine rings is 2. The first-order valence-corrected chi connectivity index (χ1v) is 7.79. The minimum atomic E-state index is -0.457. The smallest absolute Gasteiger partial charge is 0.280 e. The van der Waals surface area contributed by atoms with Gasteiger partial charge in [0.2, 0.25) is 0 Å². The average molecular weight is 394 g/mol. The monoisotopic (exact) mass is 392 g/mol. The molecule has 0 bridgehead atoms. The largest absolute Gasteiger partial charge is 0.364 e. The Bertz CT molecular complexity index is 890. The predicted octanol–water partition coefficient (Wildman–Crippen LogP) is 4.57. The number of anilines is 1. The highest BCUT2D eigenvalue weighted by Crippen LogP contribution is 2.37. The lowest BCUT2D eigenvalue weighted by molar-refractivity contribution is -0.383. The highest BCUT2D eigenvalue weighted by Gasteiger charge is 2.19. The van der Waals surface area contributed by atoms with Gasteiger partial charge in [0.15, 0.2) is 0 Å². The van der Waals surface area contributed by atoms with E-state index in [0.29, 0.717) is 27.6 Å². The van der Waals surface area contributed by atoms with Crippen LogP contribution in [0.25, 0.3) is 10.8 Å². The minimum Gasteiger partial charge on any atom is -0.364 e. The zero-order chi connectivity index (χ0) is 16.4. The summed E-state index contributed by atoms with van der Waals surface area (Å²) in [4.78, 5) is 19.3. The maximum Gasteiger partial charge on any atom is 0.280 e. The van der Waals surface area contributed by atoms with Crippen LogP contribution in [0.1, 0.15) is 5.69 Å². The second kappa shape index (κ2) is 6.47. The van der Waals surface area contributed by atoms with E-state index >= 15 is 0 Å². The maximum absolute atomic E-state index is 11.3. The maximum atomic E-state index is 11.3. The van der Waals surface area contributed by atoms with Gasteiger partial charge in [0.05, 0.1) is 27.0 Å². The molecule has 0 atom stereocenters. The summed E-state index contributed by atoms with van der Waals surface area (Å²) in [6.45, 7) is 0.449. The molecular formula is C15H10BrClN4O2. The molecule has 8 heteroatoms. The molecule has 0 aliphatic rings. The van der Waals surface area contributed by atoms with Crippen molar-refractivity contribution >= 4 is 49.8 Å². The summed E-state index contributed by atoms with van der Waals surface area (Å²) in [6, 6.07) is 8.59. The number of nitro groups is 1. The molecule has 3 rings (SSSR count). The standard InChI is InChI=1S/C15H10BrClN4O2/c16-12-8-20-15(19-7-10-3-1-2-4-18-10)11-5-9(17)6-13(14(11)12)21(22)23/h1-6,8H,7H2,(H,19,20). The van der Waals surface area contributed by atoms with E-state index in [1.807, 2.05) is 18.2 Å². The Balaban J connectivity index is 2.08. The molecule has 0 unspecified atom stereocenters. The topological polar surface area (TPSA) is 81.0 Å². The number of nitrogens with zero attached hydrogens (tertiary/aromatic N) is 3. The molecule has 2 aromatic heterocycles. The Hall–Kier alpha value is -2.25. The third-order valence-corrected chi connectivity index (χ3v) is 4.06. The Morgan fingerprint density at radius 3 is 2.83 bits per heavy atom. The molecule has 6 nitrogen and oxygen atoms in total. The fraction of sp³-hybridized carbons (Fsp3) is 0.0667. The van der Waals surface area contributed by atoms with E-state index in [4.69, 9.17) is 11.6 Å². The van der Waals surface area contributed by atoms with Gasteiger partial charge in [0, 0.05) is 28.9 Å². The molecule has 0 saturated heterocycles. The fourth-order valence-corrected chi connectivity index (χ4v) is 2.98. The van der Waals surface area contributed by atoms with Crippen molar-refractivity contribution in [2.45, 2.75) is 6.54 Å². The highest BCUT2D eigenvalue weighted by molar-refractivity contribution is 9.10. The Kier molecular flexibility index (Phi) is 4.40. The molecule has 2 heterocycles. The second-order valence-corrected chi connectivity index (χ2v) is 6.02. The number of nitro benzene ring substituents is 1. The van der Waals surface area contributed by atoms with Crippen LogP contribution in [0.15, 0.2) is 47.2 Å². The molecule has 0 spiro atoms. The summed E-state index contributed by atoms with van der Waals surface area (Å²) in [5.41, 5.74) is 0.768. The summed E-state index contributed by atoms with van der Waals surface area (Å²) in [5, 5.41) is 15.8. The van der Waals surface area contributed by atoms with Gasteiger partial charge in [0.1, 0.15) is 5.82 Å². The van der Waals surface area contributed by atoms with Crippen LogP contribution in [-0.4, -0.2) is 14.9 Å². The van der Waals surface area contributed by atoms with Crippen LogP contribution in [0.2, 0.25) is 5.02 Å². The van der Waals surface area contributed by atoms with Gasteiger partial charge in [-0.05, 0) is 34.1 Å². The number of aromatic nitrogens is 2. The summed E-state index contributed by atoms with van der Waals surface area (Å²) in [7, 11) is 0. The number of hydrogen-bond donors (Lipinski definition) is 1. The van der Waals surface area contributed by atoms with Crippen molar-refractivity contribution in [3.63, 3.8) is 0 Å². The molecule has 0 fully saturated rings. The lowest BCUT2D eigenvalue weighted by Gasteiger charge is -2.10. The molecule has 0 aliphatic heterocycles. The molecule has 116 valence electrons. The van der Waals surface area contributed by atoms with E-state index in [-0.39, 0.29) is 10.7 Å². The van der Waals surface area contributed by atoms with Gasteiger partial charge >= 0.3 is 0 Å². The summed E-state index contributed by atoms with van der Waals surface area (Å²) >= 11 is 9.34. The molecule has 0 amide bonds. The normalized spacial score (nSPS) is 10.7. The van der Waals surface area contributed by atoms with Gasteiger partial charge in [-0.1, -0.05) is 17.7 Å². The van der Waals surface area contributed by atoms with Crippen LogP contribution in [0.3, 0.4) is 0 Å². The Morgan fingerprint density at radius 1 is 1.30 bits per heavy atom. The molecule has 3 aromatic rings. The minimum absolute atomic E-state index is 0.0670. The number of non-ortho nitro benzene ring substituents is 1. The van der Waals surface area contributed by atoms with Crippen LogP contribution in [0.4, 0.5) is 11.5 Å². The van der Waals surface area contributed by atoms with Crippen molar-refractivity contribution in [3.05, 3.63) is 68.0 Å². The molecule has 0 aliphatic carbocycles. The summed E-state index contributed by atoms with van der Waals surface area (Å²) in [6.07, 6.45) is 3.23. The van der Waals surface area contributed by atoms with Gasteiger partial charge in [-0.2, -0.15) is 0 Å². The Labute approximate surface area is 144 Å². The number of halogens is 2. The predicted molar refractivity (Wildman–Crippen MR) is 92.7 cm³/mol.